The number of benzene rings is 1. The number of carbonyl (C=O) groups is 1. The minimum absolute atomic E-state index is 0.268. The Hall–Kier alpha value is -2.87. The summed E-state index contributed by atoms with van der Waals surface area (Å²) in [6, 6.07) is 13.4. The van der Waals surface area contributed by atoms with Gasteiger partial charge in [-0.3, -0.25) is 0 Å². The van der Waals surface area contributed by atoms with Crippen molar-refractivity contribution in [1.82, 2.24) is 4.98 Å². The number of carbonyl (C=O) groups excluding carboxylic acids is 1. The fourth-order valence-electron chi connectivity index (χ4n) is 1.56. The largest absolute Gasteiger partial charge is 0.462 e. The number of ether oxygens (including phenoxy) is 2. The van der Waals surface area contributed by atoms with E-state index in [1.54, 1.807) is 49.4 Å². The highest BCUT2D eigenvalue weighted by Gasteiger charge is 2.08. The lowest BCUT2D eigenvalue weighted by molar-refractivity contribution is 0.0526. The van der Waals surface area contributed by atoms with Crippen LogP contribution in [0.15, 0.2) is 42.5 Å². The van der Waals surface area contributed by atoms with E-state index in [2.05, 4.69) is 4.98 Å². The molecule has 100 valence electrons. The van der Waals surface area contributed by atoms with E-state index >= 15 is 0 Å². The van der Waals surface area contributed by atoms with Crippen LogP contribution in [0, 0.1) is 11.3 Å². The van der Waals surface area contributed by atoms with Crippen LogP contribution in [-0.4, -0.2) is 17.6 Å². The second-order valence-corrected chi connectivity index (χ2v) is 3.82. The van der Waals surface area contributed by atoms with Gasteiger partial charge in [-0.15, -0.1) is 0 Å². The molecule has 0 aliphatic rings. The van der Waals surface area contributed by atoms with E-state index in [0.717, 1.165) is 0 Å². The van der Waals surface area contributed by atoms with Crippen LogP contribution in [0.25, 0.3) is 0 Å². The maximum Gasteiger partial charge on any atom is 0.338 e. The fourth-order valence-corrected chi connectivity index (χ4v) is 1.56. The van der Waals surface area contributed by atoms with Crippen LogP contribution >= 0.6 is 0 Å². The highest BCUT2D eigenvalue weighted by Crippen LogP contribution is 2.21. The van der Waals surface area contributed by atoms with Crippen molar-refractivity contribution in [3.8, 4) is 17.7 Å². The standard InChI is InChI=1S/C15H12N2O3/c1-2-19-15(18)11-5-3-7-13(9-11)20-14-8-4-6-12(10-16)17-14/h3-9H,2H2,1H3. The Morgan fingerprint density at radius 3 is 2.85 bits per heavy atom. The minimum Gasteiger partial charge on any atom is -0.462 e. The SMILES string of the molecule is CCOC(=O)c1cccc(Oc2cccc(C#N)n2)c1. The third-order valence-electron chi connectivity index (χ3n) is 2.41. The molecule has 0 spiro atoms. The first-order valence-electron chi connectivity index (χ1n) is 6.05. The molecule has 5 heteroatoms. The summed E-state index contributed by atoms with van der Waals surface area (Å²) < 4.78 is 10.4. The van der Waals surface area contributed by atoms with E-state index < -0.39 is 5.97 Å². The molecule has 20 heavy (non-hydrogen) atoms. The zero-order valence-corrected chi connectivity index (χ0v) is 10.9. The number of esters is 1. The second kappa shape index (κ2) is 6.34. The van der Waals surface area contributed by atoms with Gasteiger partial charge in [0.25, 0.3) is 0 Å². The first-order valence-corrected chi connectivity index (χ1v) is 6.05. The Bertz CT molecular complexity index is 662. The maximum absolute atomic E-state index is 11.6. The van der Waals surface area contributed by atoms with Crippen LogP contribution < -0.4 is 4.74 Å². The van der Waals surface area contributed by atoms with E-state index in [9.17, 15) is 4.79 Å². The average Bonchev–Trinajstić information content (AvgIpc) is 2.48. The van der Waals surface area contributed by atoms with Crippen LogP contribution in [0.5, 0.6) is 11.6 Å². The molecule has 2 aromatic rings. The minimum atomic E-state index is -0.406. The molecular formula is C15H12N2O3. The summed E-state index contributed by atoms with van der Waals surface area (Å²) in [5.41, 5.74) is 0.671. The fraction of sp³-hybridized carbons (Fsp3) is 0.133. The van der Waals surface area contributed by atoms with E-state index in [-0.39, 0.29) is 5.69 Å². The summed E-state index contributed by atoms with van der Waals surface area (Å²) in [7, 11) is 0. The van der Waals surface area contributed by atoms with Gasteiger partial charge in [-0.25, -0.2) is 9.78 Å². The van der Waals surface area contributed by atoms with Crippen molar-refractivity contribution in [2.45, 2.75) is 6.92 Å². The predicted octanol–water partition coefficient (Wildman–Crippen LogP) is 2.92. The lowest BCUT2D eigenvalue weighted by Crippen LogP contribution is -2.04. The molecule has 1 heterocycles. The monoisotopic (exact) mass is 268 g/mol. The molecule has 0 atom stereocenters. The molecule has 0 radical (unpaired) electrons. The zero-order valence-electron chi connectivity index (χ0n) is 10.9. The molecule has 0 unspecified atom stereocenters. The third kappa shape index (κ3) is 3.33. The van der Waals surface area contributed by atoms with Gasteiger partial charge in [-0.1, -0.05) is 12.1 Å². The normalized spacial score (nSPS) is 9.60. The highest BCUT2D eigenvalue weighted by atomic mass is 16.5. The summed E-state index contributed by atoms with van der Waals surface area (Å²) in [5, 5.41) is 8.77. The van der Waals surface area contributed by atoms with Crippen LogP contribution in [0.1, 0.15) is 23.0 Å². The molecule has 0 aliphatic carbocycles. The van der Waals surface area contributed by atoms with Crippen LogP contribution in [0.3, 0.4) is 0 Å². The van der Waals surface area contributed by atoms with Gasteiger partial charge in [0, 0.05) is 6.07 Å². The number of aromatic nitrogens is 1. The summed E-state index contributed by atoms with van der Waals surface area (Å²) >= 11 is 0. The molecule has 0 N–H and O–H groups in total. The van der Waals surface area contributed by atoms with E-state index in [0.29, 0.717) is 23.8 Å². The van der Waals surface area contributed by atoms with Crippen LogP contribution in [-0.2, 0) is 4.74 Å². The van der Waals surface area contributed by atoms with Crippen LogP contribution in [0.2, 0.25) is 0 Å². The van der Waals surface area contributed by atoms with Gasteiger partial charge in [-0.05, 0) is 31.2 Å². The number of hydrogen-bond donors (Lipinski definition) is 0. The number of nitrogens with zero attached hydrogens (tertiary/aromatic N) is 2. The van der Waals surface area contributed by atoms with Gasteiger partial charge in [-0.2, -0.15) is 5.26 Å². The lowest BCUT2D eigenvalue weighted by atomic mass is 10.2. The Kier molecular flexibility index (Phi) is 4.30. The van der Waals surface area contributed by atoms with Gasteiger partial charge >= 0.3 is 5.97 Å². The predicted molar refractivity (Wildman–Crippen MR) is 71.4 cm³/mol. The molecular weight excluding hydrogens is 256 g/mol. The third-order valence-corrected chi connectivity index (χ3v) is 2.41. The maximum atomic E-state index is 11.6. The Balaban J connectivity index is 2.19. The van der Waals surface area contributed by atoms with Gasteiger partial charge < -0.3 is 9.47 Å². The number of nitriles is 1. The molecule has 2 rings (SSSR count). The van der Waals surface area contributed by atoms with Crippen molar-refractivity contribution >= 4 is 5.97 Å². The molecule has 5 nitrogen and oxygen atoms in total. The van der Waals surface area contributed by atoms with E-state index in [1.807, 2.05) is 6.07 Å². The van der Waals surface area contributed by atoms with Crippen molar-refractivity contribution in [2.75, 3.05) is 6.61 Å². The number of rotatable bonds is 4. The number of pyridine rings is 1. The first-order chi connectivity index (χ1) is 9.72. The molecule has 0 saturated carbocycles. The molecule has 1 aromatic heterocycles. The molecule has 0 bridgehead atoms. The Morgan fingerprint density at radius 1 is 1.30 bits per heavy atom. The van der Waals surface area contributed by atoms with Gasteiger partial charge in [0.1, 0.15) is 17.5 Å². The molecule has 0 aliphatic heterocycles. The van der Waals surface area contributed by atoms with E-state index in [4.69, 9.17) is 14.7 Å². The summed E-state index contributed by atoms with van der Waals surface area (Å²) in [6.45, 7) is 2.06. The van der Waals surface area contributed by atoms with E-state index in [1.165, 1.54) is 0 Å². The first kappa shape index (κ1) is 13.6. The van der Waals surface area contributed by atoms with Crippen molar-refractivity contribution in [1.29, 1.82) is 5.26 Å². The molecule has 0 saturated heterocycles. The quantitative estimate of drug-likeness (QED) is 0.797. The summed E-state index contributed by atoms with van der Waals surface area (Å²) in [5.74, 6) is 0.347. The molecule has 0 fully saturated rings. The van der Waals surface area contributed by atoms with Crippen molar-refractivity contribution in [3.63, 3.8) is 0 Å². The van der Waals surface area contributed by atoms with Gasteiger partial charge in [0.15, 0.2) is 0 Å². The lowest BCUT2D eigenvalue weighted by Gasteiger charge is -2.06. The van der Waals surface area contributed by atoms with Crippen LogP contribution in [0.4, 0.5) is 0 Å². The molecule has 1 aromatic carbocycles. The number of hydrogen-bond acceptors (Lipinski definition) is 5. The summed E-state index contributed by atoms with van der Waals surface area (Å²) in [6.07, 6.45) is 0. The average molecular weight is 268 g/mol. The van der Waals surface area contributed by atoms with Crippen molar-refractivity contribution in [2.24, 2.45) is 0 Å². The van der Waals surface area contributed by atoms with Crippen molar-refractivity contribution < 1.29 is 14.3 Å². The molecule has 0 amide bonds. The smallest absolute Gasteiger partial charge is 0.338 e. The van der Waals surface area contributed by atoms with Gasteiger partial charge in [0.05, 0.1) is 12.2 Å². The van der Waals surface area contributed by atoms with Gasteiger partial charge in [0.2, 0.25) is 5.88 Å². The Morgan fingerprint density at radius 2 is 2.10 bits per heavy atom. The zero-order chi connectivity index (χ0) is 14.4. The van der Waals surface area contributed by atoms with Crippen molar-refractivity contribution in [3.05, 3.63) is 53.7 Å². The highest BCUT2D eigenvalue weighted by molar-refractivity contribution is 5.89. The Labute approximate surface area is 116 Å². The summed E-state index contributed by atoms with van der Waals surface area (Å²) in [4.78, 5) is 15.6. The topological polar surface area (TPSA) is 72.2 Å². The second-order valence-electron chi connectivity index (χ2n) is 3.82.